The van der Waals surface area contributed by atoms with Gasteiger partial charge in [-0.3, -0.25) is 0 Å². The normalized spacial score (nSPS) is 48.6. The zero-order valence-electron chi connectivity index (χ0n) is 20.5. The Labute approximate surface area is 193 Å². The minimum atomic E-state index is -1.07. The molecule has 0 unspecified atom stereocenters. The largest absolute Gasteiger partial charge is 0.390 e. The fraction of sp³-hybridized carbons (Fsp3) is 0.852. The smallest absolute Gasteiger partial charge is 0.0916 e. The maximum atomic E-state index is 12.2. The fourth-order valence-electron chi connectivity index (χ4n) is 8.16. The second-order valence-electron chi connectivity index (χ2n) is 12.8. The maximum Gasteiger partial charge on any atom is 0.0916 e. The average Bonchev–Trinajstić information content (AvgIpc) is 2.94. The molecule has 32 heavy (non-hydrogen) atoms. The Morgan fingerprint density at radius 3 is 2.41 bits per heavy atom. The van der Waals surface area contributed by atoms with E-state index in [1.54, 1.807) is 13.8 Å². The van der Waals surface area contributed by atoms with Crippen molar-refractivity contribution in [3.63, 3.8) is 0 Å². The standard InChI is InChI=1S/C27H44O5/c1-23(2,30)11-6-12-26(5,31)22-10-14-27(32)19-8-7-17-15-20(28)21(29)16-24(17,3)18(19)9-13-25(22,27)4/h6,8,12,17-18,20-22,28-32H,7,9-11,13-16H2,1-5H3/b12-6+/t17-,18-,20+,21-,22-,24-,25+,26-,27+/m0/s1. The van der Waals surface area contributed by atoms with Crippen molar-refractivity contribution in [1.29, 1.82) is 0 Å². The summed E-state index contributed by atoms with van der Waals surface area (Å²) in [6, 6.07) is 0. The molecule has 5 nitrogen and oxygen atoms in total. The molecule has 0 spiro atoms. The number of aliphatic hydroxyl groups is 5. The van der Waals surface area contributed by atoms with Crippen molar-refractivity contribution in [2.24, 2.45) is 28.6 Å². The van der Waals surface area contributed by atoms with Gasteiger partial charge in [0.25, 0.3) is 0 Å². The molecule has 5 N–H and O–H groups in total. The van der Waals surface area contributed by atoms with Gasteiger partial charge >= 0.3 is 0 Å². The van der Waals surface area contributed by atoms with Crippen LogP contribution in [0.15, 0.2) is 23.8 Å². The molecule has 3 fully saturated rings. The van der Waals surface area contributed by atoms with Crippen LogP contribution in [-0.4, -0.2) is 54.5 Å². The van der Waals surface area contributed by atoms with Gasteiger partial charge < -0.3 is 25.5 Å². The second kappa shape index (κ2) is 7.64. The van der Waals surface area contributed by atoms with E-state index in [9.17, 15) is 25.5 Å². The predicted molar refractivity (Wildman–Crippen MR) is 125 cm³/mol. The van der Waals surface area contributed by atoms with E-state index in [1.807, 2.05) is 19.1 Å². The molecule has 0 aliphatic heterocycles. The summed E-state index contributed by atoms with van der Waals surface area (Å²) in [5, 5.41) is 54.4. The molecule has 0 aromatic carbocycles. The third-order valence-electron chi connectivity index (χ3n) is 10.1. The SMILES string of the molecule is CC(C)(O)C/C=C/[C@](C)(O)[C@H]1CC[C@@]2(O)C3=CC[C@H]4C[C@@H](O)[C@@H](O)C[C@]4(C)[C@H]3CC[C@]12C. The molecule has 4 rings (SSSR count). The van der Waals surface area contributed by atoms with Gasteiger partial charge in [0.05, 0.1) is 29.0 Å². The summed E-state index contributed by atoms with van der Waals surface area (Å²) in [6.45, 7) is 9.75. The summed E-state index contributed by atoms with van der Waals surface area (Å²) >= 11 is 0. The maximum absolute atomic E-state index is 12.2. The lowest BCUT2D eigenvalue weighted by Crippen LogP contribution is -2.60. The Bertz CT molecular complexity index is 794. The Hall–Kier alpha value is -0.720. The van der Waals surface area contributed by atoms with Crippen molar-refractivity contribution in [1.82, 2.24) is 0 Å². The lowest BCUT2D eigenvalue weighted by molar-refractivity contribution is -0.145. The van der Waals surface area contributed by atoms with Crippen LogP contribution in [-0.2, 0) is 0 Å². The first kappa shape index (κ1) is 24.4. The lowest BCUT2D eigenvalue weighted by Gasteiger charge is -2.61. The molecule has 0 aromatic heterocycles. The van der Waals surface area contributed by atoms with Gasteiger partial charge in [-0.05, 0) is 101 Å². The molecule has 4 aliphatic carbocycles. The van der Waals surface area contributed by atoms with E-state index in [2.05, 4.69) is 19.9 Å². The summed E-state index contributed by atoms with van der Waals surface area (Å²) in [6.07, 6.45) is 10.2. The van der Waals surface area contributed by atoms with E-state index in [1.165, 1.54) is 0 Å². The first-order valence-electron chi connectivity index (χ1n) is 12.6. The molecular weight excluding hydrogens is 404 g/mol. The third-order valence-corrected chi connectivity index (χ3v) is 10.1. The molecule has 0 aromatic rings. The van der Waals surface area contributed by atoms with Crippen molar-refractivity contribution in [2.75, 3.05) is 0 Å². The van der Waals surface area contributed by atoms with Crippen LogP contribution in [0, 0.1) is 28.6 Å². The summed E-state index contributed by atoms with van der Waals surface area (Å²) < 4.78 is 0. The van der Waals surface area contributed by atoms with Crippen LogP contribution in [0.5, 0.6) is 0 Å². The zero-order valence-corrected chi connectivity index (χ0v) is 20.5. The van der Waals surface area contributed by atoms with Crippen molar-refractivity contribution in [2.45, 2.75) is 115 Å². The molecular formula is C27H44O5. The van der Waals surface area contributed by atoms with E-state index < -0.39 is 34.4 Å². The van der Waals surface area contributed by atoms with E-state index in [4.69, 9.17) is 0 Å². The third kappa shape index (κ3) is 3.63. The lowest BCUT2D eigenvalue weighted by atomic mass is 9.46. The molecule has 0 bridgehead atoms. The Balaban J connectivity index is 1.63. The number of hydrogen-bond acceptors (Lipinski definition) is 5. The summed E-state index contributed by atoms with van der Waals surface area (Å²) in [5.74, 6) is 0.452. The van der Waals surface area contributed by atoms with Crippen LogP contribution >= 0.6 is 0 Å². The first-order valence-corrected chi connectivity index (χ1v) is 12.6. The number of rotatable bonds is 4. The monoisotopic (exact) mass is 448 g/mol. The minimum Gasteiger partial charge on any atom is -0.390 e. The molecule has 9 atom stereocenters. The quantitative estimate of drug-likeness (QED) is 0.424. The van der Waals surface area contributed by atoms with Crippen molar-refractivity contribution < 1.29 is 25.5 Å². The van der Waals surface area contributed by atoms with Gasteiger partial charge in [0.15, 0.2) is 0 Å². The highest BCUT2D eigenvalue weighted by atomic mass is 16.3. The summed E-state index contributed by atoms with van der Waals surface area (Å²) in [5.41, 5.74) is -2.27. The highest BCUT2D eigenvalue weighted by molar-refractivity contribution is 5.36. The van der Waals surface area contributed by atoms with Gasteiger partial charge in [-0.1, -0.05) is 32.1 Å². The highest BCUT2D eigenvalue weighted by Crippen LogP contribution is 2.68. The molecule has 0 heterocycles. The second-order valence-corrected chi connectivity index (χ2v) is 12.8. The summed E-state index contributed by atoms with van der Waals surface area (Å²) in [4.78, 5) is 0. The van der Waals surface area contributed by atoms with Crippen LogP contribution in [0.3, 0.4) is 0 Å². The Morgan fingerprint density at radius 1 is 1.06 bits per heavy atom. The van der Waals surface area contributed by atoms with Crippen LogP contribution in [0.2, 0.25) is 0 Å². The molecule has 4 aliphatic rings. The molecule has 5 heteroatoms. The van der Waals surface area contributed by atoms with E-state index in [0.29, 0.717) is 31.6 Å². The molecule has 0 radical (unpaired) electrons. The molecule has 0 saturated heterocycles. The van der Waals surface area contributed by atoms with Gasteiger partial charge in [-0.2, -0.15) is 0 Å². The van der Waals surface area contributed by atoms with Gasteiger partial charge in [-0.15, -0.1) is 0 Å². The minimum absolute atomic E-state index is 0.0794. The topological polar surface area (TPSA) is 101 Å². The fourth-order valence-corrected chi connectivity index (χ4v) is 8.16. The van der Waals surface area contributed by atoms with Crippen molar-refractivity contribution in [3.8, 4) is 0 Å². The molecule has 0 amide bonds. The van der Waals surface area contributed by atoms with Crippen molar-refractivity contribution in [3.05, 3.63) is 23.8 Å². The average molecular weight is 449 g/mol. The van der Waals surface area contributed by atoms with Crippen LogP contribution in [0.25, 0.3) is 0 Å². The van der Waals surface area contributed by atoms with Crippen molar-refractivity contribution >= 4 is 0 Å². The van der Waals surface area contributed by atoms with E-state index in [0.717, 1.165) is 31.3 Å². The van der Waals surface area contributed by atoms with E-state index in [-0.39, 0.29) is 17.3 Å². The predicted octanol–water partition coefficient (Wildman–Crippen LogP) is 3.48. The first-order chi connectivity index (χ1) is 14.6. The molecule has 3 saturated carbocycles. The number of aliphatic hydroxyl groups excluding tert-OH is 2. The van der Waals surface area contributed by atoms with Crippen LogP contribution in [0.4, 0.5) is 0 Å². The number of fused-ring (bicyclic) bond motifs is 5. The van der Waals surface area contributed by atoms with E-state index >= 15 is 0 Å². The van der Waals surface area contributed by atoms with Gasteiger partial charge in [0.2, 0.25) is 0 Å². The van der Waals surface area contributed by atoms with Crippen LogP contribution < -0.4 is 0 Å². The number of hydrogen-bond donors (Lipinski definition) is 5. The molecule has 182 valence electrons. The van der Waals surface area contributed by atoms with Crippen LogP contribution in [0.1, 0.15) is 86.0 Å². The summed E-state index contributed by atoms with van der Waals surface area (Å²) in [7, 11) is 0. The van der Waals surface area contributed by atoms with Gasteiger partial charge in [0.1, 0.15) is 0 Å². The van der Waals surface area contributed by atoms with Gasteiger partial charge in [-0.25, -0.2) is 0 Å². The highest BCUT2D eigenvalue weighted by Gasteiger charge is 2.67. The number of allylic oxidation sites excluding steroid dienone is 1. The van der Waals surface area contributed by atoms with Gasteiger partial charge in [0, 0.05) is 5.41 Å². The Morgan fingerprint density at radius 2 is 1.75 bits per heavy atom. The Kier molecular flexibility index (Phi) is 5.83. The zero-order chi connectivity index (χ0) is 23.7.